The van der Waals surface area contributed by atoms with Gasteiger partial charge in [-0.2, -0.15) is 0 Å². The molecule has 0 aliphatic rings. The molecule has 0 fully saturated rings. The van der Waals surface area contributed by atoms with Gasteiger partial charge in [-0.15, -0.1) is 11.3 Å². The van der Waals surface area contributed by atoms with Gasteiger partial charge in [0.2, 0.25) is 11.7 Å². The van der Waals surface area contributed by atoms with Crippen LogP contribution in [0.2, 0.25) is 0 Å². The number of hydrogen-bond donors (Lipinski definition) is 1. The molecule has 0 aliphatic heterocycles. The number of ketones is 1. The second-order valence-corrected chi connectivity index (χ2v) is 7.47. The van der Waals surface area contributed by atoms with E-state index in [0.29, 0.717) is 10.6 Å². The number of para-hydroxylation sites is 1. The van der Waals surface area contributed by atoms with Crippen LogP contribution in [0.25, 0.3) is 0 Å². The predicted molar refractivity (Wildman–Crippen MR) is 117 cm³/mol. The normalized spacial score (nSPS) is 10.3. The average Bonchev–Trinajstić information content (AvgIpc) is 3.32. The summed E-state index contributed by atoms with van der Waals surface area (Å²) in [6.07, 6.45) is -0.0350. The van der Waals surface area contributed by atoms with Gasteiger partial charge in [-0.05, 0) is 29.6 Å². The molecule has 31 heavy (non-hydrogen) atoms. The highest BCUT2D eigenvalue weighted by Crippen LogP contribution is 2.19. The van der Waals surface area contributed by atoms with Gasteiger partial charge < -0.3 is 15.4 Å². The van der Waals surface area contributed by atoms with Crippen LogP contribution in [0.5, 0.6) is 0 Å². The number of nitrogens with two attached hydrogens (primary N) is 1. The van der Waals surface area contributed by atoms with Crippen LogP contribution in [0, 0.1) is 0 Å². The van der Waals surface area contributed by atoms with Gasteiger partial charge in [0.05, 0.1) is 10.4 Å². The summed E-state index contributed by atoms with van der Waals surface area (Å²) >= 11 is 1.27. The Morgan fingerprint density at radius 1 is 0.871 bits per heavy atom. The van der Waals surface area contributed by atoms with Crippen LogP contribution >= 0.6 is 11.3 Å². The summed E-state index contributed by atoms with van der Waals surface area (Å²) in [6.45, 7) is -0.489. The van der Waals surface area contributed by atoms with E-state index in [0.717, 1.165) is 0 Å². The van der Waals surface area contributed by atoms with Crippen LogP contribution in [-0.2, 0) is 14.3 Å². The molecule has 1 heterocycles. The Labute approximate surface area is 183 Å². The Hall–Kier alpha value is -3.78. The molecule has 2 N–H and O–H groups in total. The molecule has 7 nitrogen and oxygen atoms in total. The van der Waals surface area contributed by atoms with Crippen LogP contribution < -0.4 is 10.6 Å². The molecule has 0 bridgehead atoms. The van der Waals surface area contributed by atoms with Crippen molar-refractivity contribution in [3.63, 3.8) is 0 Å². The number of primary amides is 1. The maximum Gasteiger partial charge on any atom is 0.339 e. The fourth-order valence-corrected chi connectivity index (χ4v) is 3.59. The molecule has 1 aromatic heterocycles. The number of carbonyl (C=O) groups excluding carboxylic acids is 4. The van der Waals surface area contributed by atoms with E-state index in [1.165, 1.54) is 22.3 Å². The van der Waals surface area contributed by atoms with Crippen molar-refractivity contribution < 1.29 is 23.9 Å². The maximum atomic E-state index is 12.7. The number of nitrogens with zero attached hydrogens (tertiary/aromatic N) is 1. The zero-order valence-electron chi connectivity index (χ0n) is 16.5. The lowest BCUT2D eigenvalue weighted by atomic mass is 10.0. The van der Waals surface area contributed by atoms with Crippen molar-refractivity contribution in [2.24, 2.45) is 5.73 Å². The van der Waals surface area contributed by atoms with Gasteiger partial charge in [-0.3, -0.25) is 14.4 Å². The first kappa shape index (κ1) is 21.9. The second kappa shape index (κ2) is 10.3. The number of esters is 1. The van der Waals surface area contributed by atoms with E-state index in [1.807, 2.05) is 0 Å². The topological polar surface area (TPSA) is 107 Å². The standard InChI is InChI=1S/C23H20N2O5S/c24-20(26)12-13-25(16-7-2-1-3-8-16)21(27)15-30-23(29)18-10-5-4-9-17(18)22(28)19-11-6-14-31-19/h1-11,14H,12-13,15H2,(H2,24,26). The van der Waals surface area contributed by atoms with Gasteiger partial charge in [-0.25, -0.2) is 4.79 Å². The van der Waals surface area contributed by atoms with Gasteiger partial charge >= 0.3 is 5.97 Å². The fourth-order valence-electron chi connectivity index (χ4n) is 2.91. The molecule has 0 saturated heterocycles. The molecule has 0 saturated carbocycles. The monoisotopic (exact) mass is 436 g/mol. The minimum absolute atomic E-state index is 0.0350. The third-order valence-corrected chi connectivity index (χ3v) is 5.28. The SMILES string of the molecule is NC(=O)CCN(C(=O)COC(=O)c1ccccc1C(=O)c1cccs1)c1ccccc1. The van der Waals surface area contributed by atoms with E-state index in [9.17, 15) is 19.2 Å². The summed E-state index contributed by atoms with van der Waals surface area (Å²) in [7, 11) is 0. The molecule has 0 unspecified atom stereocenters. The minimum Gasteiger partial charge on any atom is -0.452 e. The van der Waals surface area contributed by atoms with Crippen molar-refractivity contribution in [1.29, 1.82) is 0 Å². The molecule has 0 radical (unpaired) electrons. The predicted octanol–water partition coefficient (Wildman–Crippen LogP) is 3.04. The lowest BCUT2D eigenvalue weighted by Gasteiger charge is -2.22. The van der Waals surface area contributed by atoms with E-state index >= 15 is 0 Å². The average molecular weight is 436 g/mol. The largest absolute Gasteiger partial charge is 0.452 e. The van der Waals surface area contributed by atoms with E-state index in [4.69, 9.17) is 10.5 Å². The number of hydrogen-bond acceptors (Lipinski definition) is 6. The van der Waals surface area contributed by atoms with E-state index < -0.39 is 24.4 Å². The van der Waals surface area contributed by atoms with Crippen molar-refractivity contribution in [2.45, 2.75) is 6.42 Å². The van der Waals surface area contributed by atoms with Gasteiger partial charge in [0.25, 0.3) is 5.91 Å². The molecule has 158 valence electrons. The van der Waals surface area contributed by atoms with Crippen LogP contribution in [-0.4, -0.2) is 36.7 Å². The zero-order valence-corrected chi connectivity index (χ0v) is 17.3. The minimum atomic E-state index is -0.781. The quantitative estimate of drug-likeness (QED) is 0.410. The second-order valence-electron chi connectivity index (χ2n) is 6.53. The molecule has 3 rings (SSSR count). The van der Waals surface area contributed by atoms with Crippen molar-refractivity contribution >= 4 is 40.6 Å². The Morgan fingerprint density at radius 2 is 1.55 bits per heavy atom. The summed E-state index contributed by atoms with van der Waals surface area (Å²) in [5, 5.41) is 1.77. The summed E-state index contributed by atoms with van der Waals surface area (Å²) < 4.78 is 5.21. The van der Waals surface area contributed by atoms with Gasteiger partial charge in [-0.1, -0.05) is 42.5 Å². The first-order valence-electron chi connectivity index (χ1n) is 9.45. The van der Waals surface area contributed by atoms with Crippen LogP contribution in [0.15, 0.2) is 72.1 Å². The molecule has 2 amide bonds. The van der Waals surface area contributed by atoms with Crippen LogP contribution in [0.4, 0.5) is 5.69 Å². The Kier molecular flexibility index (Phi) is 7.29. The Bertz CT molecular complexity index is 1080. The zero-order chi connectivity index (χ0) is 22.2. The molecule has 3 aromatic rings. The molecule has 2 aromatic carbocycles. The van der Waals surface area contributed by atoms with Crippen molar-refractivity contribution in [3.8, 4) is 0 Å². The molecule has 0 spiro atoms. The summed E-state index contributed by atoms with van der Waals surface area (Å²) in [6, 6.07) is 18.4. The summed E-state index contributed by atoms with van der Waals surface area (Å²) in [5.74, 6) is -2.13. The highest BCUT2D eigenvalue weighted by Gasteiger charge is 2.22. The number of benzene rings is 2. The van der Waals surface area contributed by atoms with Gasteiger partial charge in [0, 0.05) is 24.2 Å². The Morgan fingerprint density at radius 3 is 2.19 bits per heavy atom. The summed E-state index contributed by atoms with van der Waals surface area (Å²) in [4.78, 5) is 51.1. The highest BCUT2D eigenvalue weighted by molar-refractivity contribution is 7.12. The van der Waals surface area contributed by atoms with Crippen molar-refractivity contribution in [2.75, 3.05) is 18.1 Å². The maximum absolute atomic E-state index is 12.7. The number of thiophene rings is 1. The van der Waals surface area contributed by atoms with Crippen LogP contribution in [0.3, 0.4) is 0 Å². The van der Waals surface area contributed by atoms with Crippen LogP contribution in [0.1, 0.15) is 32.0 Å². The number of carbonyl (C=O) groups is 4. The number of ether oxygens (including phenoxy) is 1. The third kappa shape index (κ3) is 5.64. The molecule has 0 atom stereocenters. The Balaban J connectivity index is 1.73. The molecule has 8 heteroatoms. The van der Waals surface area contributed by atoms with E-state index in [-0.39, 0.29) is 29.9 Å². The van der Waals surface area contributed by atoms with Gasteiger partial charge in [0.1, 0.15) is 0 Å². The lowest BCUT2D eigenvalue weighted by Crippen LogP contribution is -2.37. The van der Waals surface area contributed by atoms with E-state index in [1.54, 1.807) is 66.0 Å². The number of amides is 2. The third-order valence-electron chi connectivity index (χ3n) is 4.41. The summed E-state index contributed by atoms with van der Waals surface area (Å²) in [5.41, 5.74) is 6.05. The first-order valence-corrected chi connectivity index (χ1v) is 10.3. The number of rotatable bonds is 9. The van der Waals surface area contributed by atoms with E-state index in [2.05, 4.69) is 0 Å². The highest BCUT2D eigenvalue weighted by atomic mass is 32.1. The van der Waals surface area contributed by atoms with Gasteiger partial charge in [0.15, 0.2) is 6.61 Å². The molecular weight excluding hydrogens is 416 g/mol. The molecule has 0 aliphatic carbocycles. The first-order chi connectivity index (χ1) is 15.0. The van der Waals surface area contributed by atoms with Crippen molar-refractivity contribution in [3.05, 3.63) is 88.1 Å². The van der Waals surface area contributed by atoms with Crippen molar-refractivity contribution in [1.82, 2.24) is 0 Å². The molecular formula is C23H20N2O5S. The smallest absolute Gasteiger partial charge is 0.339 e. The number of anilines is 1. The fraction of sp³-hybridized carbons (Fsp3) is 0.130. The lowest BCUT2D eigenvalue weighted by molar-refractivity contribution is -0.121.